The third-order valence-electron chi connectivity index (χ3n) is 31.1. The van der Waals surface area contributed by atoms with Crippen molar-refractivity contribution in [3.8, 4) is 28.7 Å². The molecule has 12 aliphatic rings. The van der Waals surface area contributed by atoms with Crippen LogP contribution in [0.1, 0.15) is 267 Å². The number of aromatic carboxylic acids is 3. The lowest BCUT2D eigenvalue weighted by atomic mass is 9.46. The molecule has 674 valence electrons. The molecule has 0 bridgehead atoms. The molecule has 17 rings (SSSR count). The third-order valence-corrected chi connectivity index (χ3v) is 31.1. The number of ether oxygens (including phenoxy) is 11. The van der Waals surface area contributed by atoms with Crippen LogP contribution < -0.4 is 14.2 Å². The van der Waals surface area contributed by atoms with E-state index in [9.17, 15) is 34.2 Å². The van der Waals surface area contributed by atoms with E-state index in [1.807, 2.05) is 0 Å². The summed E-state index contributed by atoms with van der Waals surface area (Å²) in [6, 6.07) is 16.0. The topological polar surface area (TPSA) is 352 Å². The number of carbonyl (C=O) groups excluding carboxylic acids is 2. The number of aromatic hydroxyl groups is 2. The highest BCUT2D eigenvalue weighted by molar-refractivity contribution is 5.91. The summed E-state index contributed by atoms with van der Waals surface area (Å²) in [7, 11) is 2.59. The zero-order valence-electron chi connectivity index (χ0n) is 73.8. The molecule has 5 aromatic rings. The zero-order chi connectivity index (χ0) is 88.3. The Morgan fingerprint density at radius 3 is 0.944 bits per heavy atom. The molecule has 3 aliphatic heterocycles. The van der Waals surface area contributed by atoms with Gasteiger partial charge < -0.3 is 77.6 Å². The van der Waals surface area contributed by atoms with Crippen molar-refractivity contribution in [2.45, 2.75) is 252 Å². The van der Waals surface area contributed by atoms with Crippen LogP contribution in [-0.4, -0.2) is 171 Å². The molecule has 0 spiro atoms. The summed E-state index contributed by atoms with van der Waals surface area (Å²) in [6.45, 7) is 31.7. The van der Waals surface area contributed by atoms with E-state index in [1.165, 1.54) is 157 Å². The molecule has 3 saturated heterocycles. The Morgan fingerprint density at radius 1 is 0.379 bits per heavy atom. The summed E-state index contributed by atoms with van der Waals surface area (Å²) in [4.78, 5) is 75.1. The number of hydrogen-bond acceptors (Lipinski definition) is 23. The van der Waals surface area contributed by atoms with Crippen LogP contribution in [0.2, 0.25) is 0 Å². The first-order valence-electron chi connectivity index (χ1n) is 45.2. The van der Waals surface area contributed by atoms with E-state index in [1.54, 1.807) is 42.6 Å². The number of hydrogen-bond donors (Lipinski definition) is 5. The minimum absolute atomic E-state index is 0.00817. The van der Waals surface area contributed by atoms with Gasteiger partial charge in [0.2, 0.25) is 0 Å². The van der Waals surface area contributed by atoms with Gasteiger partial charge in [-0.25, -0.2) is 48.9 Å². The SMILES string of the molecule is C=C1CCC2[C@]3(C)CO[C@@H](C4CCCC4)O[C@@H]3CC[C@@]2(C)[C@@H]1CCOc1cccnc1C(=O)O.C=C1CCC2[C@]3(C)CO[C@@H](C4CCCC4)O[C@@H]3CC[C@@]2(C)[C@@H]1CCOc1cccnc1C(=O)O.C=C1CCC2[C@]3(C)CO[C@@H](C4CCCC4)O[C@@H]3CC[C@@]2(C)[C@@H]1CCOc1cccnc1C(=O)OC.COC(=O)c1ncccc1O.O=C(O)c1ncccc1O. The van der Waals surface area contributed by atoms with Crippen molar-refractivity contribution in [1.82, 2.24) is 24.9 Å². The van der Waals surface area contributed by atoms with Gasteiger partial charge in [-0.05, 0) is 247 Å². The van der Waals surface area contributed by atoms with Crippen LogP contribution in [0.25, 0.3) is 0 Å². The standard InChI is InChI=1S/C29H41NO5.2C28H39NO5.C7H7NO3.C6H5NO3/c1-19-11-12-23-28(2,21(19)14-17-33-22-10-7-16-30-25(22)26(31)32-4)15-13-24-29(23,3)18-34-27(35-24)20-8-5-6-9-20;2*1-18-10-11-22-27(2,20(18)13-16-32-21-9-6-15-29-24(21)25(30)31)14-12-23-28(22,3)17-33-26(34-23)19-7-4-5-8-19;1-11-7(10)6-5(9)3-2-4-8-6;8-4-2-1-3-7-5(4)6(9)10/h7,10,16,20-21,23-24,27H,1,5-6,8-9,11-15,17-18H2,2-4H3;2*6,9,15,19-20,22-23,26H,1,4-5,7-8,10-14,16-17H2,2-3H3,(H,30,31);2-4,9H,1H3;1-3,8H,(H,9,10)/t21-,23?,24-,27-,28+,29+;2*20-,22?,23-,26-,27+,28+;;/m111../s1. The second-order valence-corrected chi connectivity index (χ2v) is 38.2. The second-order valence-electron chi connectivity index (χ2n) is 38.2. The largest absolute Gasteiger partial charge is 0.505 e. The second kappa shape index (κ2) is 40.4. The van der Waals surface area contributed by atoms with Crippen LogP contribution in [0.3, 0.4) is 0 Å². The van der Waals surface area contributed by atoms with Gasteiger partial charge in [-0.3, -0.25) is 0 Å². The van der Waals surface area contributed by atoms with Crippen molar-refractivity contribution in [1.29, 1.82) is 0 Å². The highest BCUT2D eigenvalue weighted by atomic mass is 16.7. The molecule has 18 atom stereocenters. The summed E-state index contributed by atoms with van der Waals surface area (Å²) in [5, 5.41) is 45.0. The van der Waals surface area contributed by atoms with Gasteiger partial charge in [0, 0.05) is 65.0 Å². The molecular weight excluding hydrogens is 1580 g/mol. The minimum atomic E-state index is -1.22. The number of aromatic nitrogens is 5. The van der Waals surface area contributed by atoms with Crippen molar-refractivity contribution in [3.63, 3.8) is 0 Å². The predicted molar refractivity (Wildman–Crippen MR) is 461 cm³/mol. The predicted octanol–water partition coefficient (Wildman–Crippen LogP) is 18.8. The maximum atomic E-state index is 12.1. The Labute approximate surface area is 729 Å². The summed E-state index contributed by atoms with van der Waals surface area (Å²) in [6.07, 6.45) is 38.9. The first-order chi connectivity index (χ1) is 59.5. The molecule has 0 aromatic carbocycles. The number of esters is 2. The van der Waals surface area contributed by atoms with E-state index in [4.69, 9.17) is 62.7 Å². The van der Waals surface area contributed by atoms with Crippen molar-refractivity contribution < 1.29 is 102 Å². The lowest BCUT2D eigenvalue weighted by Gasteiger charge is -2.63. The third kappa shape index (κ3) is 19.8. The molecule has 5 N–H and O–H groups in total. The maximum absolute atomic E-state index is 12.1. The van der Waals surface area contributed by atoms with Crippen LogP contribution in [0.4, 0.5) is 0 Å². The monoisotopic (exact) mass is 1710 g/mol. The summed E-state index contributed by atoms with van der Waals surface area (Å²) in [5.41, 5.74) is 4.14. The molecule has 3 unspecified atom stereocenters. The molecule has 0 amide bonds. The number of carboxylic acids is 3. The fourth-order valence-corrected chi connectivity index (χ4v) is 24.7. The van der Waals surface area contributed by atoms with Crippen LogP contribution >= 0.6 is 0 Å². The van der Waals surface area contributed by atoms with E-state index >= 15 is 0 Å². The van der Waals surface area contributed by atoms with Crippen LogP contribution in [-0.2, 0) is 37.9 Å². The molecule has 0 radical (unpaired) electrons. The average molecular weight is 1720 g/mol. The van der Waals surface area contributed by atoms with Gasteiger partial charge in [-0.1, -0.05) is 117 Å². The van der Waals surface area contributed by atoms with Gasteiger partial charge in [-0.15, -0.1) is 0 Å². The van der Waals surface area contributed by atoms with Gasteiger partial charge in [0.25, 0.3) is 0 Å². The lowest BCUT2D eigenvalue weighted by molar-refractivity contribution is -0.316. The molecule has 124 heavy (non-hydrogen) atoms. The number of nitrogens with zero attached hydrogens (tertiary/aromatic N) is 5. The average Bonchev–Trinajstić information content (AvgIpc) is 0.779. The van der Waals surface area contributed by atoms with Gasteiger partial charge >= 0.3 is 29.8 Å². The van der Waals surface area contributed by atoms with Gasteiger partial charge in [0.05, 0.1) is 72.2 Å². The highest BCUT2D eigenvalue weighted by Crippen LogP contribution is 2.67. The molecule has 26 heteroatoms. The lowest BCUT2D eigenvalue weighted by Crippen LogP contribution is -2.62. The number of rotatable bonds is 20. The Bertz CT molecular complexity index is 4420. The molecule has 8 heterocycles. The molecule has 5 aromatic heterocycles. The minimum Gasteiger partial charge on any atom is -0.505 e. The number of methoxy groups -OCH3 is 2. The molecule has 12 fully saturated rings. The highest BCUT2D eigenvalue weighted by Gasteiger charge is 2.64. The van der Waals surface area contributed by atoms with Crippen molar-refractivity contribution in [2.75, 3.05) is 53.9 Å². The fourth-order valence-electron chi connectivity index (χ4n) is 24.7. The quantitative estimate of drug-likeness (QED) is 0.0357. The Balaban J connectivity index is 0.000000143. The molecule has 26 nitrogen and oxygen atoms in total. The number of carbonyl (C=O) groups is 5. The number of fused-ring (bicyclic) bond motifs is 9. The van der Waals surface area contributed by atoms with Crippen molar-refractivity contribution in [2.24, 2.45) is 85.8 Å². The van der Waals surface area contributed by atoms with Gasteiger partial charge in [-0.2, -0.15) is 0 Å². The van der Waals surface area contributed by atoms with E-state index in [0.29, 0.717) is 90.3 Å². The van der Waals surface area contributed by atoms with E-state index in [0.717, 1.165) is 116 Å². The fraction of sp³-hybridized carbons (Fsp3) is 0.633. The van der Waals surface area contributed by atoms with Crippen LogP contribution in [0.15, 0.2) is 128 Å². The van der Waals surface area contributed by atoms with E-state index < -0.39 is 29.8 Å². The normalized spacial score (nSPS) is 33.1. The van der Waals surface area contributed by atoms with Crippen LogP contribution in [0.5, 0.6) is 28.7 Å². The van der Waals surface area contributed by atoms with E-state index in [-0.39, 0.29) is 110 Å². The van der Waals surface area contributed by atoms with Crippen LogP contribution in [0, 0.1) is 85.8 Å². The smallest absolute Gasteiger partial charge is 0.360 e. The first-order valence-corrected chi connectivity index (χ1v) is 45.2. The Hall–Kier alpha value is -8.92. The Kier molecular flexibility index (Phi) is 30.2. The number of allylic oxidation sites excluding steroid dienone is 3. The summed E-state index contributed by atoms with van der Waals surface area (Å²) in [5.74, 6) is 0.481. The van der Waals surface area contributed by atoms with Crippen molar-refractivity contribution in [3.05, 3.63) is 157 Å². The summed E-state index contributed by atoms with van der Waals surface area (Å²) >= 11 is 0. The molecule has 9 saturated carbocycles. The van der Waals surface area contributed by atoms with Crippen molar-refractivity contribution >= 4 is 29.8 Å². The molecular formula is C98H131N5O21. The van der Waals surface area contributed by atoms with Gasteiger partial charge in [0.1, 0.15) is 11.5 Å². The molecule has 9 aliphatic carbocycles. The maximum Gasteiger partial charge on any atom is 0.360 e. The van der Waals surface area contributed by atoms with Gasteiger partial charge in [0.15, 0.2) is 64.6 Å². The zero-order valence-corrected chi connectivity index (χ0v) is 73.8. The summed E-state index contributed by atoms with van der Waals surface area (Å²) < 4.78 is 66.6. The number of pyridine rings is 5. The first kappa shape index (κ1) is 92.7. The number of carboxylic acid groups (broad SMARTS) is 3. The van der Waals surface area contributed by atoms with E-state index in [2.05, 4.69) is 90.9 Å². The Morgan fingerprint density at radius 2 is 0.653 bits per heavy atom.